The minimum Gasteiger partial charge on any atom is -0.458 e. The Morgan fingerprint density at radius 1 is 1.20 bits per heavy atom. The molecule has 4 rings (SSSR count). The number of ether oxygens (including phenoxy) is 3. The Labute approximate surface area is 205 Å². The summed E-state index contributed by atoms with van der Waals surface area (Å²) in [5.41, 5.74) is 0.766. The topological polar surface area (TPSA) is 143 Å². The van der Waals surface area contributed by atoms with Crippen LogP contribution in [0.3, 0.4) is 0 Å². The van der Waals surface area contributed by atoms with Crippen LogP contribution in [0.1, 0.15) is 58.8 Å². The molecule has 0 bridgehead atoms. The van der Waals surface area contributed by atoms with Crippen LogP contribution >= 0.6 is 0 Å². The lowest BCUT2D eigenvalue weighted by atomic mass is 9.46. The standard InChI is InChI=1S/C26H38O9/c1-14-5-8-18-25(2,16(14)7-6-15-9-12-33-22(15)31)10-4-11-26(18,3)24(32)35-23-21(30)20(29)19(28)17(13-27)34-23/h9,16-21,23,27-30H,1,4-8,10-13H2,2-3H3/t16-,17-,18?,19-,20+,21-,23+,25+,26+/m1/s1. The zero-order valence-corrected chi connectivity index (χ0v) is 20.5. The minimum absolute atomic E-state index is 0.0128. The monoisotopic (exact) mass is 494 g/mol. The maximum absolute atomic E-state index is 13.6. The Balaban J connectivity index is 1.52. The number of carbonyl (C=O) groups excluding carboxylic acids is 2. The molecule has 9 heteroatoms. The predicted octanol–water partition coefficient (Wildman–Crippen LogP) is 1.37. The van der Waals surface area contributed by atoms with Crippen molar-refractivity contribution in [3.8, 4) is 0 Å². The van der Waals surface area contributed by atoms with Crippen molar-refractivity contribution in [2.45, 2.75) is 89.5 Å². The van der Waals surface area contributed by atoms with Gasteiger partial charge in [0.1, 0.15) is 31.0 Å². The maximum Gasteiger partial charge on any atom is 0.334 e. The Morgan fingerprint density at radius 3 is 2.60 bits per heavy atom. The van der Waals surface area contributed by atoms with E-state index in [9.17, 15) is 30.0 Å². The number of fused-ring (bicyclic) bond motifs is 1. The third-order valence-electron chi connectivity index (χ3n) is 9.07. The molecule has 0 amide bonds. The molecule has 4 aliphatic rings. The molecule has 2 aliphatic carbocycles. The highest BCUT2D eigenvalue weighted by Gasteiger charge is 2.58. The van der Waals surface area contributed by atoms with Gasteiger partial charge in [0.05, 0.1) is 12.0 Å². The molecule has 1 saturated heterocycles. The molecule has 0 radical (unpaired) electrons. The fourth-order valence-electron chi connectivity index (χ4n) is 7.03. The van der Waals surface area contributed by atoms with E-state index in [0.717, 1.165) is 37.7 Å². The fraction of sp³-hybridized carbons (Fsp3) is 0.769. The van der Waals surface area contributed by atoms with Gasteiger partial charge in [0.25, 0.3) is 0 Å². The van der Waals surface area contributed by atoms with Crippen LogP contribution in [0.15, 0.2) is 23.8 Å². The van der Waals surface area contributed by atoms with Gasteiger partial charge in [-0.05, 0) is 68.8 Å². The van der Waals surface area contributed by atoms with Crippen LogP contribution in [0.4, 0.5) is 0 Å². The summed E-state index contributed by atoms with van der Waals surface area (Å²) in [6.07, 6.45) is -0.305. The molecule has 1 unspecified atom stereocenters. The summed E-state index contributed by atoms with van der Waals surface area (Å²) in [5.74, 6) is -0.660. The van der Waals surface area contributed by atoms with Crippen LogP contribution in [0.2, 0.25) is 0 Å². The van der Waals surface area contributed by atoms with Gasteiger partial charge in [-0.3, -0.25) is 4.79 Å². The average molecular weight is 495 g/mol. The summed E-state index contributed by atoms with van der Waals surface area (Å²) in [5, 5.41) is 39.9. The van der Waals surface area contributed by atoms with Gasteiger partial charge in [-0.15, -0.1) is 0 Å². The molecule has 0 aromatic heterocycles. The van der Waals surface area contributed by atoms with Crippen LogP contribution < -0.4 is 0 Å². The van der Waals surface area contributed by atoms with E-state index in [-0.39, 0.29) is 23.2 Å². The Morgan fingerprint density at radius 2 is 1.94 bits per heavy atom. The van der Waals surface area contributed by atoms with Crippen LogP contribution in [0.25, 0.3) is 0 Å². The number of cyclic esters (lactones) is 1. The molecule has 3 fully saturated rings. The summed E-state index contributed by atoms with van der Waals surface area (Å²) in [4.78, 5) is 25.5. The third-order valence-corrected chi connectivity index (χ3v) is 9.07. The molecule has 0 aromatic carbocycles. The van der Waals surface area contributed by atoms with E-state index in [4.69, 9.17) is 14.2 Å². The van der Waals surface area contributed by atoms with Crippen molar-refractivity contribution in [3.63, 3.8) is 0 Å². The predicted molar refractivity (Wildman–Crippen MR) is 124 cm³/mol. The molecule has 2 aliphatic heterocycles. The molecule has 0 spiro atoms. The van der Waals surface area contributed by atoms with Crippen LogP contribution in [0, 0.1) is 22.7 Å². The minimum atomic E-state index is -1.63. The van der Waals surface area contributed by atoms with Crippen molar-refractivity contribution in [3.05, 3.63) is 23.8 Å². The number of hydrogen-bond acceptors (Lipinski definition) is 9. The largest absolute Gasteiger partial charge is 0.458 e. The lowest BCUT2D eigenvalue weighted by Crippen LogP contribution is -2.61. The first-order chi connectivity index (χ1) is 16.5. The number of rotatable bonds is 6. The second kappa shape index (κ2) is 9.94. The summed E-state index contributed by atoms with van der Waals surface area (Å²) < 4.78 is 16.1. The van der Waals surface area contributed by atoms with Crippen molar-refractivity contribution >= 4 is 11.9 Å². The highest BCUT2D eigenvalue weighted by molar-refractivity contribution is 5.90. The van der Waals surface area contributed by atoms with Gasteiger partial charge in [0, 0.05) is 5.57 Å². The summed E-state index contributed by atoms with van der Waals surface area (Å²) in [6.45, 7) is 8.17. The van der Waals surface area contributed by atoms with Gasteiger partial charge < -0.3 is 34.6 Å². The van der Waals surface area contributed by atoms with Gasteiger partial charge in [0.15, 0.2) is 0 Å². The Bertz CT molecular complexity index is 882. The van der Waals surface area contributed by atoms with Crippen molar-refractivity contribution in [2.75, 3.05) is 13.2 Å². The van der Waals surface area contributed by atoms with E-state index in [0.29, 0.717) is 25.0 Å². The Kier molecular flexibility index (Phi) is 7.46. The molecule has 9 atom stereocenters. The molecule has 196 valence electrons. The first-order valence-corrected chi connectivity index (χ1v) is 12.6. The summed E-state index contributed by atoms with van der Waals surface area (Å²) in [6, 6.07) is 0. The van der Waals surface area contributed by atoms with Crippen LogP contribution in [-0.2, 0) is 23.8 Å². The highest BCUT2D eigenvalue weighted by atomic mass is 16.7. The van der Waals surface area contributed by atoms with E-state index in [1.54, 1.807) is 0 Å². The zero-order valence-electron chi connectivity index (χ0n) is 20.5. The number of carbonyl (C=O) groups is 2. The normalized spacial score (nSPS) is 43.8. The molecule has 2 saturated carbocycles. The number of aliphatic hydroxyl groups is 4. The Hall–Kier alpha value is -1.78. The number of allylic oxidation sites excluding steroid dienone is 1. The maximum atomic E-state index is 13.6. The van der Waals surface area contributed by atoms with E-state index < -0.39 is 48.7 Å². The van der Waals surface area contributed by atoms with Gasteiger partial charge in [-0.25, -0.2) is 4.79 Å². The molecular formula is C26H38O9. The van der Waals surface area contributed by atoms with E-state index in [1.807, 2.05) is 13.0 Å². The van der Waals surface area contributed by atoms with Gasteiger partial charge >= 0.3 is 11.9 Å². The second-order valence-corrected chi connectivity index (χ2v) is 11.0. The average Bonchev–Trinajstić information content (AvgIpc) is 3.23. The van der Waals surface area contributed by atoms with Crippen molar-refractivity contribution in [1.29, 1.82) is 0 Å². The first kappa shape index (κ1) is 26.3. The van der Waals surface area contributed by atoms with E-state index >= 15 is 0 Å². The molecule has 4 N–H and O–H groups in total. The van der Waals surface area contributed by atoms with E-state index in [1.165, 1.54) is 0 Å². The summed E-state index contributed by atoms with van der Waals surface area (Å²) >= 11 is 0. The first-order valence-electron chi connectivity index (χ1n) is 12.6. The molecule has 2 heterocycles. The number of esters is 2. The lowest BCUT2D eigenvalue weighted by molar-refractivity contribution is -0.297. The fourth-order valence-corrected chi connectivity index (χ4v) is 7.03. The molecule has 35 heavy (non-hydrogen) atoms. The summed E-state index contributed by atoms with van der Waals surface area (Å²) in [7, 11) is 0. The van der Waals surface area contributed by atoms with Gasteiger partial charge in [-0.2, -0.15) is 0 Å². The van der Waals surface area contributed by atoms with Crippen LogP contribution in [0.5, 0.6) is 0 Å². The molecule has 9 nitrogen and oxygen atoms in total. The van der Waals surface area contributed by atoms with Crippen LogP contribution in [-0.4, -0.2) is 76.3 Å². The number of aliphatic hydroxyl groups excluding tert-OH is 4. The SMILES string of the molecule is C=C1CCC2[C@@](C)(C(=O)O[C@@H]3O[C@H](CO)[C@@H](O)[C@H](O)[C@H]3O)CCC[C@@]2(C)[C@@H]1CCC1=CCOC1=O. The lowest BCUT2D eigenvalue weighted by Gasteiger charge is -2.58. The van der Waals surface area contributed by atoms with Crippen molar-refractivity contribution in [1.82, 2.24) is 0 Å². The third kappa shape index (κ3) is 4.57. The van der Waals surface area contributed by atoms with Crippen molar-refractivity contribution < 1.29 is 44.2 Å². The highest BCUT2D eigenvalue weighted by Crippen LogP contribution is 2.62. The smallest absolute Gasteiger partial charge is 0.334 e. The zero-order chi connectivity index (χ0) is 25.5. The molecule has 0 aromatic rings. The quantitative estimate of drug-likeness (QED) is 0.318. The number of hydrogen-bond donors (Lipinski definition) is 4. The van der Waals surface area contributed by atoms with Gasteiger partial charge in [0.2, 0.25) is 6.29 Å². The molecular weight excluding hydrogens is 456 g/mol. The van der Waals surface area contributed by atoms with E-state index in [2.05, 4.69) is 13.5 Å². The van der Waals surface area contributed by atoms with Crippen molar-refractivity contribution in [2.24, 2.45) is 22.7 Å². The van der Waals surface area contributed by atoms with Gasteiger partial charge in [-0.1, -0.05) is 25.5 Å². The second-order valence-electron chi connectivity index (χ2n) is 11.0.